The first-order valence-corrected chi connectivity index (χ1v) is 10.6. The molecular formula is C24H31N5O3. The van der Waals surface area contributed by atoms with Crippen molar-refractivity contribution in [3.05, 3.63) is 72.1 Å². The lowest BCUT2D eigenvalue weighted by atomic mass is 10.0. The molecule has 0 aliphatic heterocycles. The standard InChI is InChI=1S/C24H31N5O3/c1-2-32-20-9-5-18(6-10-20)28-24-16-23(21(25)15-22(24)26)27-17-3-7-19(8-4-17)29(11-13-30)12-14-31/h3-10,15-16,22,28,30-31H,2,11-14,25-26H2,1H3/b27-23-. The fourth-order valence-corrected chi connectivity index (χ4v) is 3.37. The van der Waals surface area contributed by atoms with Crippen molar-refractivity contribution in [1.82, 2.24) is 0 Å². The maximum Gasteiger partial charge on any atom is 0.119 e. The van der Waals surface area contributed by atoms with Gasteiger partial charge in [0.15, 0.2) is 0 Å². The van der Waals surface area contributed by atoms with Crippen LogP contribution < -0.4 is 26.4 Å². The van der Waals surface area contributed by atoms with Gasteiger partial charge in [0.25, 0.3) is 0 Å². The van der Waals surface area contributed by atoms with E-state index in [-0.39, 0.29) is 19.3 Å². The van der Waals surface area contributed by atoms with E-state index in [1.807, 2.05) is 66.4 Å². The summed E-state index contributed by atoms with van der Waals surface area (Å²) in [6, 6.07) is 14.9. The zero-order valence-corrected chi connectivity index (χ0v) is 18.2. The molecule has 0 spiro atoms. The molecule has 0 saturated carbocycles. The lowest BCUT2D eigenvalue weighted by Crippen LogP contribution is -2.31. The number of benzene rings is 2. The average Bonchev–Trinajstić information content (AvgIpc) is 2.79. The van der Waals surface area contributed by atoms with Crippen molar-refractivity contribution in [2.45, 2.75) is 13.0 Å². The predicted molar refractivity (Wildman–Crippen MR) is 129 cm³/mol. The summed E-state index contributed by atoms with van der Waals surface area (Å²) in [4.78, 5) is 6.58. The predicted octanol–water partition coefficient (Wildman–Crippen LogP) is 2.13. The number of hydrogen-bond acceptors (Lipinski definition) is 8. The maximum atomic E-state index is 9.22. The third-order valence-corrected chi connectivity index (χ3v) is 4.96. The van der Waals surface area contributed by atoms with Crippen molar-refractivity contribution in [3.8, 4) is 5.75 Å². The molecule has 3 rings (SSSR count). The Labute approximate surface area is 188 Å². The zero-order valence-electron chi connectivity index (χ0n) is 18.2. The van der Waals surface area contributed by atoms with E-state index in [9.17, 15) is 10.2 Å². The van der Waals surface area contributed by atoms with Crippen molar-refractivity contribution in [2.75, 3.05) is 43.1 Å². The molecule has 170 valence electrons. The van der Waals surface area contributed by atoms with Gasteiger partial charge in [-0.2, -0.15) is 0 Å². The third-order valence-electron chi connectivity index (χ3n) is 4.96. The molecule has 0 amide bonds. The van der Waals surface area contributed by atoms with Crippen molar-refractivity contribution in [3.63, 3.8) is 0 Å². The Bertz CT molecular complexity index is 962. The lowest BCUT2D eigenvalue weighted by Gasteiger charge is -2.23. The number of nitrogens with zero attached hydrogens (tertiary/aromatic N) is 2. The van der Waals surface area contributed by atoms with E-state index in [0.29, 0.717) is 31.1 Å². The van der Waals surface area contributed by atoms with Crippen LogP contribution in [0.1, 0.15) is 6.92 Å². The van der Waals surface area contributed by atoms with Gasteiger partial charge in [-0.25, -0.2) is 4.99 Å². The fraction of sp³-hybridized carbons (Fsp3) is 0.292. The van der Waals surface area contributed by atoms with Crippen LogP contribution in [0.15, 0.2) is 77.1 Å². The number of allylic oxidation sites excluding steroid dienone is 1. The molecule has 8 heteroatoms. The van der Waals surface area contributed by atoms with Crippen molar-refractivity contribution in [2.24, 2.45) is 16.5 Å². The summed E-state index contributed by atoms with van der Waals surface area (Å²) >= 11 is 0. The van der Waals surface area contributed by atoms with E-state index in [0.717, 1.165) is 28.5 Å². The van der Waals surface area contributed by atoms with Gasteiger partial charge in [0.05, 0.1) is 43.0 Å². The normalized spacial score (nSPS) is 17.0. The number of nitrogens with two attached hydrogens (primary N) is 2. The van der Waals surface area contributed by atoms with Gasteiger partial charge in [-0.1, -0.05) is 0 Å². The van der Waals surface area contributed by atoms with E-state index in [4.69, 9.17) is 16.2 Å². The van der Waals surface area contributed by atoms with Crippen molar-refractivity contribution < 1.29 is 14.9 Å². The van der Waals surface area contributed by atoms with Gasteiger partial charge >= 0.3 is 0 Å². The molecule has 0 fully saturated rings. The molecule has 2 aromatic rings. The van der Waals surface area contributed by atoms with Crippen LogP contribution in [0.25, 0.3) is 0 Å². The Morgan fingerprint density at radius 3 is 2.28 bits per heavy atom. The molecule has 1 aliphatic carbocycles. The molecule has 8 nitrogen and oxygen atoms in total. The maximum absolute atomic E-state index is 9.22. The van der Waals surface area contributed by atoms with Crippen LogP contribution in [0.5, 0.6) is 5.75 Å². The van der Waals surface area contributed by atoms with Crippen LogP contribution in [0.3, 0.4) is 0 Å². The van der Waals surface area contributed by atoms with E-state index in [2.05, 4.69) is 10.3 Å². The Morgan fingerprint density at radius 2 is 1.69 bits per heavy atom. The fourth-order valence-electron chi connectivity index (χ4n) is 3.37. The van der Waals surface area contributed by atoms with E-state index in [1.165, 1.54) is 0 Å². The highest BCUT2D eigenvalue weighted by Crippen LogP contribution is 2.23. The smallest absolute Gasteiger partial charge is 0.119 e. The SMILES string of the molecule is CCOc1ccc(NC2=C/C(=N/c3ccc(N(CCO)CCO)cc3)C(N)=CC2N)cc1. The number of anilines is 2. The first-order chi connectivity index (χ1) is 15.5. The number of rotatable bonds is 10. The van der Waals surface area contributed by atoms with Gasteiger partial charge in [0.2, 0.25) is 0 Å². The van der Waals surface area contributed by atoms with Gasteiger partial charge in [-0.15, -0.1) is 0 Å². The Kier molecular flexibility index (Phi) is 8.27. The topological polar surface area (TPSA) is 129 Å². The number of aliphatic imine (C=N–C) groups is 1. The minimum Gasteiger partial charge on any atom is -0.494 e. The highest BCUT2D eigenvalue weighted by molar-refractivity contribution is 6.10. The van der Waals surface area contributed by atoms with Crippen LogP contribution in [0, 0.1) is 0 Å². The molecule has 0 saturated heterocycles. The summed E-state index contributed by atoms with van der Waals surface area (Å²) < 4.78 is 5.48. The van der Waals surface area contributed by atoms with Crippen LogP contribution in [0.4, 0.5) is 17.1 Å². The van der Waals surface area contributed by atoms with Gasteiger partial charge in [0, 0.05) is 30.2 Å². The summed E-state index contributed by atoms with van der Waals surface area (Å²) in [6.45, 7) is 3.50. The van der Waals surface area contributed by atoms with E-state index < -0.39 is 0 Å². The van der Waals surface area contributed by atoms with Gasteiger partial charge in [-0.3, -0.25) is 0 Å². The van der Waals surface area contributed by atoms with Crippen molar-refractivity contribution >= 4 is 22.8 Å². The third kappa shape index (κ3) is 6.10. The Balaban J connectivity index is 1.78. The second-order valence-electron chi connectivity index (χ2n) is 7.28. The Hall–Kier alpha value is -3.33. The first kappa shape index (κ1) is 23.3. The quantitative estimate of drug-likeness (QED) is 0.385. The molecule has 2 aromatic carbocycles. The highest BCUT2D eigenvalue weighted by Gasteiger charge is 2.17. The van der Waals surface area contributed by atoms with Crippen LogP contribution >= 0.6 is 0 Å². The summed E-state index contributed by atoms with van der Waals surface area (Å²) in [5.74, 6) is 0.811. The van der Waals surface area contributed by atoms with E-state index >= 15 is 0 Å². The number of hydrogen-bond donors (Lipinski definition) is 5. The summed E-state index contributed by atoms with van der Waals surface area (Å²) in [5.41, 5.74) is 16.9. The minimum atomic E-state index is -0.367. The van der Waals surface area contributed by atoms with Crippen molar-refractivity contribution in [1.29, 1.82) is 0 Å². The second-order valence-corrected chi connectivity index (χ2v) is 7.28. The molecule has 1 unspecified atom stereocenters. The first-order valence-electron chi connectivity index (χ1n) is 10.6. The zero-order chi connectivity index (χ0) is 22.9. The molecule has 0 aromatic heterocycles. The molecule has 32 heavy (non-hydrogen) atoms. The van der Waals surface area contributed by atoms with Crippen LogP contribution in [-0.2, 0) is 0 Å². The largest absolute Gasteiger partial charge is 0.494 e. The molecule has 0 heterocycles. The average molecular weight is 438 g/mol. The second kappa shape index (κ2) is 11.3. The lowest BCUT2D eigenvalue weighted by molar-refractivity contribution is 0.281. The summed E-state index contributed by atoms with van der Waals surface area (Å²) in [6.07, 6.45) is 3.63. The molecule has 1 aliphatic rings. The number of aliphatic hydroxyl groups excluding tert-OH is 2. The molecular weight excluding hydrogens is 406 g/mol. The molecule has 0 bridgehead atoms. The van der Waals surface area contributed by atoms with Crippen LogP contribution in [-0.4, -0.2) is 54.9 Å². The summed E-state index contributed by atoms with van der Waals surface area (Å²) in [7, 11) is 0. The monoisotopic (exact) mass is 437 g/mol. The van der Waals surface area contributed by atoms with E-state index in [1.54, 1.807) is 6.08 Å². The number of aliphatic hydroxyl groups is 2. The molecule has 7 N–H and O–H groups in total. The summed E-state index contributed by atoms with van der Waals surface area (Å²) in [5, 5.41) is 21.8. The molecule has 0 radical (unpaired) electrons. The number of ether oxygens (including phenoxy) is 1. The number of nitrogens with one attached hydrogen (secondary N) is 1. The minimum absolute atomic E-state index is 0.0144. The van der Waals surface area contributed by atoms with Crippen LogP contribution in [0.2, 0.25) is 0 Å². The van der Waals surface area contributed by atoms with Gasteiger partial charge in [0.1, 0.15) is 5.75 Å². The van der Waals surface area contributed by atoms with Gasteiger partial charge in [-0.05, 0) is 67.6 Å². The Morgan fingerprint density at radius 1 is 1.03 bits per heavy atom. The van der Waals surface area contributed by atoms with Gasteiger partial charge < -0.3 is 36.6 Å². The molecule has 1 atom stereocenters. The highest BCUT2D eigenvalue weighted by atomic mass is 16.5.